The van der Waals surface area contributed by atoms with Gasteiger partial charge >= 0.3 is 0 Å². The van der Waals surface area contributed by atoms with Crippen molar-refractivity contribution in [1.82, 2.24) is 5.32 Å². The molecule has 0 aliphatic rings. The monoisotopic (exact) mass is 287 g/mol. The fourth-order valence-electron chi connectivity index (χ4n) is 1.90. The van der Waals surface area contributed by atoms with Crippen molar-refractivity contribution in [1.29, 1.82) is 0 Å². The van der Waals surface area contributed by atoms with E-state index in [1.165, 1.54) is 0 Å². The fraction of sp³-hybridized carbons (Fsp3) is 0.571. The van der Waals surface area contributed by atoms with Crippen LogP contribution < -0.4 is 5.32 Å². The number of halogens is 1. The Labute approximate surface area is 118 Å². The quantitative estimate of drug-likeness (QED) is 0.794. The van der Waals surface area contributed by atoms with Gasteiger partial charge in [0.25, 0.3) is 0 Å². The first-order valence-electron chi connectivity index (χ1n) is 6.43. The van der Waals surface area contributed by atoms with Gasteiger partial charge in [-0.3, -0.25) is 4.21 Å². The van der Waals surface area contributed by atoms with Crippen molar-refractivity contribution in [2.75, 3.05) is 12.8 Å². The summed E-state index contributed by atoms with van der Waals surface area (Å²) in [6, 6.07) is 8.17. The van der Waals surface area contributed by atoms with Gasteiger partial charge in [-0.25, -0.2) is 0 Å². The van der Waals surface area contributed by atoms with Crippen molar-refractivity contribution >= 4 is 22.4 Å². The molecular formula is C14H22ClNOS. The summed E-state index contributed by atoms with van der Waals surface area (Å²) < 4.78 is 12.0. The average Bonchev–Trinajstić information content (AvgIpc) is 2.37. The summed E-state index contributed by atoms with van der Waals surface area (Å²) >= 11 is 6.05. The second kappa shape index (κ2) is 8.68. The predicted molar refractivity (Wildman–Crippen MR) is 80.5 cm³/mol. The predicted octanol–water partition coefficient (Wildman–Crippen LogP) is 3.37. The number of rotatable bonds is 8. The van der Waals surface area contributed by atoms with Crippen molar-refractivity contribution in [2.45, 2.75) is 38.0 Å². The maximum atomic E-state index is 12.0. The number of hydrogen-bond donors (Lipinski definition) is 1. The van der Waals surface area contributed by atoms with Crippen LogP contribution in [0.4, 0.5) is 0 Å². The second-order valence-electron chi connectivity index (χ2n) is 4.42. The normalized spacial score (nSPS) is 14.4. The lowest BCUT2D eigenvalue weighted by atomic mass is 10.1. The van der Waals surface area contributed by atoms with Crippen LogP contribution in [-0.2, 0) is 16.6 Å². The summed E-state index contributed by atoms with van der Waals surface area (Å²) in [5.74, 6) is 1.32. The third-order valence-corrected chi connectivity index (χ3v) is 4.85. The van der Waals surface area contributed by atoms with E-state index in [2.05, 4.69) is 12.2 Å². The number of nitrogens with one attached hydrogen (secondary N) is 1. The van der Waals surface area contributed by atoms with Crippen LogP contribution in [0.15, 0.2) is 24.3 Å². The third kappa shape index (κ3) is 5.51. The highest BCUT2D eigenvalue weighted by Gasteiger charge is 2.07. The van der Waals surface area contributed by atoms with Gasteiger partial charge in [0.05, 0.1) is 0 Å². The third-order valence-electron chi connectivity index (χ3n) is 3.10. The minimum Gasteiger partial charge on any atom is -0.317 e. The van der Waals surface area contributed by atoms with E-state index in [1.807, 2.05) is 31.3 Å². The van der Waals surface area contributed by atoms with E-state index >= 15 is 0 Å². The molecule has 0 aliphatic heterocycles. The molecule has 0 amide bonds. The Morgan fingerprint density at radius 2 is 2.11 bits per heavy atom. The van der Waals surface area contributed by atoms with E-state index in [4.69, 9.17) is 11.6 Å². The minimum atomic E-state index is -0.814. The van der Waals surface area contributed by atoms with Crippen molar-refractivity contribution < 1.29 is 4.21 Å². The molecule has 0 heterocycles. The average molecular weight is 288 g/mol. The van der Waals surface area contributed by atoms with E-state index in [0.717, 1.165) is 30.6 Å². The van der Waals surface area contributed by atoms with Crippen LogP contribution in [0.25, 0.3) is 0 Å². The molecule has 1 aromatic rings. The summed E-state index contributed by atoms with van der Waals surface area (Å²) in [5.41, 5.74) is 0.984. The molecule has 0 aromatic heterocycles. The first-order chi connectivity index (χ1) is 8.67. The standard InChI is InChI=1S/C14H22ClNOS/c1-3-13(16-2)8-6-10-18(17)11-12-7-4-5-9-14(12)15/h4-5,7,9,13,16H,3,6,8,10-11H2,1-2H3. The molecule has 0 saturated heterocycles. The van der Waals surface area contributed by atoms with Gasteiger partial charge in [-0.1, -0.05) is 36.7 Å². The molecule has 2 unspecified atom stereocenters. The van der Waals surface area contributed by atoms with Gasteiger partial charge in [0, 0.05) is 33.4 Å². The van der Waals surface area contributed by atoms with Crippen molar-refractivity contribution in [2.24, 2.45) is 0 Å². The van der Waals surface area contributed by atoms with Crippen LogP contribution >= 0.6 is 11.6 Å². The van der Waals surface area contributed by atoms with Gasteiger partial charge in [-0.2, -0.15) is 0 Å². The SMILES string of the molecule is CCC(CCCS(=O)Cc1ccccc1Cl)NC. The van der Waals surface area contributed by atoms with Gasteiger partial charge in [0.1, 0.15) is 0 Å². The molecule has 0 bridgehead atoms. The Kier molecular flexibility index (Phi) is 7.56. The molecule has 1 aromatic carbocycles. The first kappa shape index (κ1) is 15.7. The molecule has 2 atom stereocenters. The molecule has 0 fully saturated rings. The molecule has 1 rings (SSSR count). The maximum Gasteiger partial charge on any atom is 0.0500 e. The number of benzene rings is 1. The Balaban J connectivity index is 2.32. The number of hydrogen-bond acceptors (Lipinski definition) is 2. The Morgan fingerprint density at radius 3 is 2.72 bits per heavy atom. The zero-order chi connectivity index (χ0) is 13.4. The Morgan fingerprint density at radius 1 is 1.39 bits per heavy atom. The van der Waals surface area contributed by atoms with E-state index < -0.39 is 10.8 Å². The van der Waals surface area contributed by atoms with Crippen LogP contribution in [0.1, 0.15) is 31.7 Å². The van der Waals surface area contributed by atoms with Crippen LogP contribution in [0.3, 0.4) is 0 Å². The molecule has 102 valence electrons. The highest BCUT2D eigenvalue weighted by molar-refractivity contribution is 7.84. The van der Waals surface area contributed by atoms with Crippen LogP contribution in [-0.4, -0.2) is 23.1 Å². The van der Waals surface area contributed by atoms with E-state index in [9.17, 15) is 4.21 Å². The fourth-order valence-corrected chi connectivity index (χ4v) is 3.42. The van der Waals surface area contributed by atoms with Gasteiger partial charge in [-0.05, 0) is 37.9 Å². The van der Waals surface area contributed by atoms with Crippen molar-refractivity contribution in [3.8, 4) is 0 Å². The van der Waals surface area contributed by atoms with Gasteiger partial charge in [0.2, 0.25) is 0 Å². The maximum absolute atomic E-state index is 12.0. The molecule has 2 nitrogen and oxygen atoms in total. The van der Waals surface area contributed by atoms with Gasteiger partial charge in [-0.15, -0.1) is 0 Å². The van der Waals surface area contributed by atoms with E-state index in [1.54, 1.807) is 0 Å². The summed E-state index contributed by atoms with van der Waals surface area (Å²) in [7, 11) is 1.17. The molecule has 0 aliphatic carbocycles. The summed E-state index contributed by atoms with van der Waals surface area (Å²) in [4.78, 5) is 0. The molecule has 4 heteroatoms. The topological polar surface area (TPSA) is 29.1 Å². The molecule has 18 heavy (non-hydrogen) atoms. The summed E-state index contributed by atoms with van der Waals surface area (Å²) in [6.07, 6.45) is 3.20. The highest BCUT2D eigenvalue weighted by Crippen LogP contribution is 2.17. The highest BCUT2D eigenvalue weighted by atomic mass is 35.5. The van der Waals surface area contributed by atoms with Crippen LogP contribution in [0.5, 0.6) is 0 Å². The van der Waals surface area contributed by atoms with Gasteiger partial charge in [0.15, 0.2) is 0 Å². The lowest BCUT2D eigenvalue weighted by Gasteiger charge is -2.13. The summed E-state index contributed by atoms with van der Waals surface area (Å²) in [6.45, 7) is 2.17. The van der Waals surface area contributed by atoms with E-state index in [-0.39, 0.29) is 0 Å². The molecule has 1 N–H and O–H groups in total. The van der Waals surface area contributed by atoms with Crippen molar-refractivity contribution in [3.63, 3.8) is 0 Å². The largest absolute Gasteiger partial charge is 0.317 e. The minimum absolute atomic E-state index is 0.544. The molecular weight excluding hydrogens is 266 g/mol. The Hall–Kier alpha value is -0.380. The Bertz CT molecular complexity index is 380. The lowest BCUT2D eigenvalue weighted by molar-refractivity contribution is 0.503. The van der Waals surface area contributed by atoms with Crippen LogP contribution in [0, 0.1) is 0 Å². The van der Waals surface area contributed by atoms with Crippen LogP contribution in [0.2, 0.25) is 5.02 Å². The zero-order valence-electron chi connectivity index (χ0n) is 11.1. The molecule has 0 radical (unpaired) electrons. The second-order valence-corrected chi connectivity index (χ2v) is 6.40. The van der Waals surface area contributed by atoms with E-state index in [0.29, 0.717) is 16.8 Å². The summed E-state index contributed by atoms with van der Waals surface area (Å²) in [5, 5.41) is 3.98. The molecule has 0 spiro atoms. The first-order valence-corrected chi connectivity index (χ1v) is 8.29. The smallest absolute Gasteiger partial charge is 0.0500 e. The molecule has 0 saturated carbocycles. The zero-order valence-corrected chi connectivity index (χ0v) is 12.7. The van der Waals surface area contributed by atoms with Gasteiger partial charge < -0.3 is 5.32 Å². The lowest BCUT2D eigenvalue weighted by Crippen LogP contribution is -2.24. The van der Waals surface area contributed by atoms with Crippen molar-refractivity contribution in [3.05, 3.63) is 34.9 Å².